The number of aryl methyl sites for hydroxylation is 2. The summed E-state index contributed by atoms with van der Waals surface area (Å²) in [5.74, 6) is -0.0624. The number of Topliss-reactive ketones (excluding diaryl/α,β-unsaturated/α-hetero) is 1. The van der Waals surface area contributed by atoms with Crippen LogP contribution < -0.4 is 4.74 Å². The molecule has 0 radical (unpaired) electrons. The maximum Gasteiger partial charge on any atom is 0.387 e. The van der Waals surface area contributed by atoms with Gasteiger partial charge in [-0.3, -0.25) is 4.79 Å². The second kappa shape index (κ2) is 5.05. The highest BCUT2D eigenvalue weighted by molar-refractivity contribution is 5.96. The first-order valence-electron chi connectivity index (χ1n) is 5.05. The third-order valence-corrected chi connectivity index (χ3v) is 2.38. The predicted molar refractivity (Wildman–Crippen MR) is 57.2 cm³/mol. The lowest BCUT2D eigenvalue weighted by Crippen LogP contribution is -2.07. The molecule has 88 valence electrons. The van der Waals surface area contributed by atoms with Gasteiger partial charge in [-0.25, -0.2) is 0 Å². The topological polar surface area (TPSA) is 26.3 Å². The first-order chi connectivity index (χ1) is 7.45. The maximum atomic E-state index is 12.2. The molecule has 0 N–H and O–H groups in total. The van der Waals surface area contributed by atoms with Gasteiger partial charge in [0.2, 0.25) is 0 Å². The highest BCUT2D eigenvalue weighted by Gasteiger charge is 2.13. The highest BCUT2D eigenvalue weighted by atomic mass is 19.3. The average Bonchev–Trinajstić information content (AvgIpc) is 2.18. The van der Waals surface area contributed by atoms with Crippen molar-refractivity contribution in [3.8, 4) is 5.75 Å². The minimum atomic E-state index is -2.87. The molecule has 4 heteroatoms. The van der Waals surface area contributed by atoms with Gasteiger partial charge in [-0.1, -0.05) is 13.0 Å². The van der Waals surface area contributed by atoms with E-state index >= 15 is 0 Å². The van der Waals surface area contributed by atoms with Crippen LogP contribution in [0.1, 0.15) is 35.3 Å². The molecule has 16 heavy (non-hydrogen) atoms. The fourth-order valence-electron chi connectivity index (χ4n) is 1.61. The average molecular weight is 228 g/mol. The van der Waals surface area contributed by atoms with E-state index in [1.54, 1.807) is 13.0 Å². The lowest BCUT2D eigenvalue weighted by atomic mass is 10.0. The van der Waals surface area contributed by atoms with Crippen LogP contribution in [0.3, 0.4) is 0 Å². The molecule has 0 aliphatic heterocycles. The summed E-state index contributed by atoms with van der Waals surface area (Å²) in [5, 5.41) is 0. The molecule has 1 rings (SSSR count). The quantitative estimate of drug-likeness (QED) is 0.738. The molecule has 0 saturated carbocycles. The zero-order valence-corrected chi connectivity index (χ0v) is 9.51. The first kappa shape index (κ1) is 12.6. The lowest BCUT2D eigenvalue weighted by molar-refractivity contribution is -0.0504. The van der Waals surface area contributed by atoms with Crippen LogP contribution >= 0.6 is 0 Å². The van der Waals surface area contributed by atoms with Crippen molar-refractivity contribution in [2.75, 3.05) is 0 Å². The Balaban J connectivity index is 3.23. The molecule has 0 bridgehead atoms. The highest BCUT2D eigenvalue weighted by Crippen LogP contribution is 2.26. The number of benzene rings is 1. The van der Waals surface area contributed by atoms with E-state index < -0.39 is 6.61 Å². The largest absolute Gasteiger partial charge is 0.435 e. The van der Waals surface area contributed by atoms with Crippen molar-refractivity contribution in [2.24, 2.45) is 0 Å². The van der Waals surface area contributed by atoms with E-state index in [0.717, 1.165) is 5.56 Å². The van der Waals surface area contributed by atoms with Gasteiger partial charge in [0, 0.05) is 5.56 Å². The molecule has 0 amide bonds. The van der Waals surface area contributed by atoms with E-state index in [1.807, 2.05) is 6.92 Å². The number of halogens is 2. The number of ketones is 1. The van der Waals surface area contributed by atoms with Gasteiger partial charge in [-0.15, -0.1) is 0 Å². The summed E-state index contributed by atoms with van der Waals surface area (Å²) in [6.45, 7) is 2.16. The number of hydrogen-bond acceptors (Lipinski definition) is 2. The molecule has 0 saturated heterocycles. The van der Waals surface area contributed by atoms with Crippen LogP contribution in [-0.4, -0.2) is 12.4 Å². The molecule has 0 heterocycles. The van der Waals surface area contributed by atoms with Crippen LogP contribution in [0, 0.1) is 6.92 Å². The normalized spacial score (nSPS) is 10.6. The third kappa shape index (κ3) is 2.78. The zero-order chi connectivity index (χ0) is 12.3. The second-order valence-electron chi connectivity index (χ2n) is 3.56. The molecule has 0 spiro atoms. The smallest absolute Gasteiger partial charge is 0.387 e. The summed E-state index contributed by atoms with van der Waals surface area (Å²) >= 11 is 0. The summed E-state index contributed by atoms with van der Waals surface area (Å²) in [7, 11) is 0. The summed E-state index contributed by atoms with van der Waals surface area (Å²) in [6.07, 6.45) is 0.584. The predicted octanol–water partition coefficient (Wildman–Crippen LogP) is 3.36. The number of carbonyl (C=O) groups excluding carboxylic acids is 1. The van der Waals surface area contributed by atoms with E-state index in [9.17, 15) is 13.6 Å². The van der Waals surface area contributed by atoms with E-state index in [2.05, 4.69) is 4.74 Å². The molecule has 2 nitrogen and oxygen atoms in total. The van der Waals surface area contributed by atoms with Crippen LogP contribution in [0.5, 0.6) is 5.75 Å². The van der Waals surface area contributed by atoms with Crippen molar-refractivity contribution in [3.63, 3.8) is 0 Å². The van der Waals surface area contributed by atoms with Gasteiger partial charge in [0.25, 0.3) is 0 Å². The molecule has 0 fully saturated rings. The van der Waals surface area contributed by atoms with Crippen molar-refractivity contribution in [3.05, 3.63) is 28.8 Å². The Bertz CT molecular complexity index is 400. The van der Waals surface area contributed by atoms with Gasteiger partial charge >= 0.3 is 6.61 Å². The van der Waals surface area contributed by atoms with E-state index in [4.69, 9.17) is 0 Å². The molecule has 0 aliphatic carbocycles. The lowest BCUT2D eigenvalue weighted by Gasteiger charge is -2.12. The zero-order valence-electron chi connectivity index (χ0n) is 9.51. The van der Waals surface area contributed by atoms with Crippen molar-refractivity contribution in [1.29, 1.82) is 0 Å². The first-order valence-corrected chi connectivity index (χ1v) is 5.05. The number of carbonyl (C=O) groups is 1. The van der Waals surface area contributed by atoms with Crippen LogP contribution in [0.4, 0.5) is 8.78 Å². The standard InChI is InChI=1S/C12H14F2O2/c1-4-9-5-7(2)10(8(3)15)6-11(9)16-12(13)14/h5-6,12H,4H2,1-3H3. The van der Waals surface area contributed by atoms with Gasteiger partial charge in [-0.2, -0.15) is 8.78 Å². The number of alkyl halides is 2. The van der Waals surface area contributed by atoms with Crippen molar-refractivity contribution >= 4 is 5.78 Å². The molecule has 0 aromatic heterocycles. The van der Waals surface area contributed by atoms with Crippen molar-refractivity contribution < 1.29 is 18.3 Å². The van der Waals surface area contributed by atoms with Crippen LogP contribution in [0.25, 0.3) is 0 Å². The fourth-order valence-corrected chi connectivity index (χ4v) is 1.61. The third-order valence-electron chi connectivity index (χ3n) is 2.38. The number of hydrogen-bond donors (Lipinski definition) is 0. The van der Waals surface area contributed by atoms with Gasteiger partial charge in [-0.05, 0) is 37.5 Å². The number of rotatable bonds is 4. The molecule has 0 atom stereocenters. The minimum Gasteiger partial charge on any atom is -0.435 e. The van der Waals surface area contributed by atoms with E-state index in [0.29, 0.717) is 17.5 Å². The monoisotopic (exact) mass is 228 g/mol. The second-order valence-corrected chi connectivity index (χ2v) is 3.56. The van der Waals surface area contributed by atoms with Crippen LogP contribution in [-0.2, 0) is 6.42 Å². The fraction of sp³-hybridized carbons (Fsp3) is 0.417. The molecule has 0 unspecified atom stereocenters. The SMILES string of the molecule is CCc1cc(C)c(C(C)=O)cc1OC(F)F. The molecule has 0 aliphatic rings. The van der Waals surface area contributed by atoms with E-state index in [1.165, 1.54) is 13.0 Å². The Morgan fingerprint density at radius 2 is 2.06 bits per heavy atom. The summed E-state index contributed by atoms with van der Waals surface area (Å²) in [6, 6.07) is 3.11. The molecular formula is C12H14F2O2. The number of ether oxygens (including phenoxy) is 1. The Morgan fingerprint density at radius 1 is 1.44 bits per heavy atom. The van der Waals surface area contributed by atoms with Gasteiger partial charge in [0.1, 0.15) is 5.75 Å². The van der Waals surface area contributed by atoms with Gasteiger partial charge in [0.05, 0.1) is 0 Å². The molecular weight excluding hydrogens is 214 g/mol. The maximum absolute atomic E-state index is 12.2. The Hall–Kier alpha value is -1.45. The Labute approximate surface area is 93.2 Å². The minimum absolute atomic E-state index is 0.0910. The molecule has 1 aromatic carbocycles. The summed E-state index contributed by atoms with van der Waals surface area (Å²) in [5.41, 5.74) is 1.89. The van der Waals surface area contributed by atoms with Crippen molar-refractivity contribution in [2.45, 2.75) is 33.8 Å². The molecule has 1 aromatic rings. The summed E-state index contributed by atoms with van der Waals surface area (Å²) in [4.78, 5) is 11.3. The van der Waals surface area contributed by atoms with Crippen LogP contribution in [0.2, 0.25) is 0 Å². The van der Waals surface area contributed by atoms with Gasteiger partial charge in [0.15, 0.2) is 5.78 Å². The van der Waals surface area contributed by atoms with Crippen LogP contribution in [0.15, 0.2) is 12.1 Å². The van der Waals surface area contributed by atoms with Gasteiger partial charge < -0.3 is 4.74 Å². The van der Waals surface area contributed by atoms with Crippen molar-refractivity contribution in [1.82, 2.24) is 0 Å². The Morgan fingerprint density at radius 3 is 2.50 bits per heavy atom. The van der Waals surface area contributed by atoms with E-state index in [-0.39, 0.29) is 11.5 Å². The Kier molecular flexibility index (Phi) is 3.99. The summed E-state index contributed by atoms with van der Waals surface area (Å²) < 4.78 is 28.7.